The fraction of sp³-hybridized carbons (Fsp3) is 0.906. The summed E-state index contributed by atoms with van der Waals surface area (Å²) in [5, 5.41) is 0. The summed E-state index contributed by atoms with van der Waals surface area (Å²) in [5.41, 5.74) is 3.28. The predicted molar refractivity (Wildman–Crippen MR) is 140 cm³/mol. The number of fused-ring (bicyclic) bond motifs is 7. The molecule has 0 amide bonds. The minimum Gasteiger partial charge on any atom is -0.462 e. The normalized spacial score (nSPS) is 54.2. The Morgan fingerprint density at radius 3 is 2.24 bits per heavy atom. The summed E-state index contributed by atoms with van der Waals surface area (Å²) in [7, 11) is 0. The van der Waals surface area contributed by atoms with Crippen molar-refractivity contribution >= 4 is 5.97 Å². The monoisotopic (exact) mass is 468 g/mol. The molecule has 0 N–H and O–H groups in total. The Balaban J connectivity index is 1.50. The first kappa shape index (κ1) is 24.9. The summed E-state index contributed by atoms with van der Waals surface area (Å²) in [4.78, 5) is 11.9. The van der Waals surface area contributed by atoms with Crippen LogP contribution in [0.1, 0.15) is 120 Å². The van der Waals surface area contributed by atoms with Crippen LogP contribution in [0, 0.1) is 56.7 Å². The fourth-order valence-electron chi connectivity index (χ4n) is 11.8. The molecule has 0 unspecified atom stereocenters. The van der Waals surface area contributed by atoms with E-state index < -0.39 is 0 Å². The lowest BCUT2D eigenvalue weighted by molar-refractivity contribution is -0.253. The first-order valence-corrected chi connectivity index (χ1v) is 14.6. The molecule has 0 heterocycles. The molecule has 0 saturated heterocycles. The second-order valence-electron chi connectivity index (χ2n) is 15.3. The fourth-order valence-corrected chi connectivity index (χ4v) is 11.8. The van der Waals surface area contributed by atoms with Gasteiger partial charge < -0.3 is 4.74 Å². The number of carbonyl (C=O) groups excluding carboxylic acids is 1. The molecule has 0 aromatic carbocycles. The second kappa shape index (κ2) is 7.61. The maximum absolute atomic E-state index is 11.9. The van der Waals surface area contributed by atoms with Gasteiger partial charge in [0.15, 0.2) is 0 Å². The number of esters is 1. The van der Waals surface area contributed by atoms with Crippen LogP contribution in [0.5, 0.6) is 0 Å². The molecule has 5 aliphatic carbocycles. The largest absolute Gasteiger partial charge is 0.462 e. The molecule has 0 bridgehead atoms. The highest BCUT2D eigenvalue weighted by atomic mass is 16.5. The Bertz CT molecular complexity index is 872. The van der Waals surface area contributed by atoms with Crippen LogP contribution in [0.25, 0.3) is 0 Å². The summed E-state index contributed by atoms with van der Waals surface area (Å²) in [6.07, 6.45) is 13.2. The van der Waals surface area contributed by atoms with Gasteiger partial charge in [-0.15, -0.1) is 0 Å². The van der Waals surface area contributed by atoms with Gasteiger partial charge in [0.05, 0.1) is 0 Å². The number of hydrogen-bond acceptors (Lipinski definition) is 2. The number of ether oxygens (including phenoxy) is 1. The van der Waals surface area contributed by atoms with Crippen molar-refractivity contribution in [3.63, 3.8) is 0 Å². The lowest BCUT2D eigenvalue weighted by atomic mass is 9.31. The van der Waals surface area contributed by atoms with Crippen LogP contribution in [0.4, 0.5) is 0 Å². The van der Waals surface area contributed by atoms with Crippen molar-refractivity contribution in [2.45, 2.75) is 126 Å². The first-order chi connectivity index (χ1) is 15.7. The third-order valence-electron chi connectivity index (χ3n) is 13.8. The minimum absolute atomic E-state index is 0.0541. The van der Waals surface area contributed by atoms with Crippen LogP contribution < -0.4 is 0 Å². The van der Waals surface area contributed by atoms with E-state index in [4.69, 9.17) is 4.74 Å². The van der Waals surface area contributed by atoms with Crippen LogP contribution >= 0.6 is 0 Å². The third kappa shape index (κ3) is 3.08. The Labute approximate surface area is 210 Å². The molecule has 0 radical (unpaired) electrons. The molecule has 2 heteroatoms. The highest BCUT2D eigenvalue weighted by Crippen LogP contribution is 2.77. The van der Waals surface area contributed by atoms with Crippen molar-refractivity contribution in [2.24, 2.45) is 56.7 Å². The average Bonchev–Trinajstić information content (AvgIpc) is 2.74. The number of rotatable bonds is 1. The topological polar surface area (TPSA) is 26.3 Å². The molecule has 5 saturated carbocycles. The molecule has 10 atom stereocenters. The molecule has 192 valence electrons. The standard InChI is InChI=1S/C32H52O2/c1-20-12-15-29(6)18-19-31(8)23(27(29)21(20)2)10-11-25-30(7)16-14-26(34-22(3)33)28(4,5)24(30)13-17-32(25,31)9/h21,23-27H,1,10-19H2,2-9H3/t21-,23-,24-,25-,26+,27+,29-,30+,31-,32-/m1/s1. The van der Waals surface area contributed by atoms with Crippen LogP contribution in [0.15, 0.2) is 12.2 Å². The SMILES string of the molecule is C=C1CC[C@]2(C)CC[C@]3(C)[C@H](CC[C@@H]4[C@@]5(C)CC[C@H](OC(C)=O)C(C)(C)[C@H]5CC[C@]43C)[C@@H]2[C@@H]1C. The van der Waals surface area contributed by atoms with Gasteiger partial charge in [-0.25, -0.2) is 0 Å². The van der Waals surface area contributed by atoms with E-state index in [1.165, 1.54) is 63.4 Å². The Morgan fingerprint density at radius 2 is 1.56 bits per heavy atom. The van der Waals surface area contributed by atoms with Crippen molar-refractivity contribution in [1.82, 2.24) is 0 Å². The average molecular weight is 469 g/mol. The van der Waals surface area contributed by atoms with E-state index >= 15 is 0 Å². The lowest BCUT2D eigenvalue weighted by Crippen LogP contribution is -2.67. The lowest BCUT2D eigenvalue weighted by Gasteiger charge is -2.73. The van der Waals surface area contributed by atoms with E-state index in [9.17, 15) is 4.79 Å². The van der Waals surface area contributed by atoms with Gasteiger partial charge in [0.2, 0.25) is 0 Å². The van der Waals surface area contributed by atoms with E-state index in [1.54, 1.807) is 6.92 Å². The van der Waals surface area contributed by atoms with Crippen molar-refractivity contribution in [1.29, 1.82) is 0 Å². The second-order valence-corrected chi connectivity index (χ2v) is 15.3. The van der Waals surface area contributed by atoms with Gasteiger partial charge in [0.25, 0.3) is 0 Å². The highest BCUT2D eigenvalue weighted by molar-refractivity contribution is 5.66. The number of carbonyl (C=O) groups is 1. The van der Waals surface area contributed by atoms with Crippen LogP contribution in [-0.2, 0) is 9.53 Å². The van der Waals surface area contributed by atoms with Crippen LogP contribution in [-0.4, -0.2) is 12.1 Å². The number of hydrogen-bond donors (Lipinski definition) is 0. The van der Waals surface area contributed by atoms with Crippen molar-refractivity contribution in [2.75, 3.05) is 0 Å². The maximum Gasteiger partial charge on any atom is 0.302 e. The molecule has 5 rings (SSSR count). The molecular formula is C32H52O2. The Morgan fingerprint density at radius 1 is 0.853 bits per heavy atom. The van der Waals surface area contributed by atoms with E-state index in [-0.39, 0.29) is 17.5 Å². The quantitative estimate of drug-likeness (QED) is 0.284. The predicted octanol–water partition coefficient (Wildman–Crippen LogP) is 8.60. The van der Waals surface area contributed by atoms with Crippen LogP contribution in [0.3, 0.4) is 0 Å². The van der Waals surface area contributed by atoms with Gasteiger partial charge in [0.1, 0.15) is 6.10 Å². The Kier molecular flexibility index (Phi) is 5.57. The molecule has 2 nitrogen and oxygen atoms in total. The third-order valence-corrected chi connectivity index (χ3v) is 13.8. The molecule has 0 aliphatic heterocycles. The van der Waals surface area contributed by atoms with Gasteiger partial charge in [-0.05, 0) is 115 Å². The highest BCUT2D eigenvalue weighted by Gasteiger charge is 2.70. The van der Waals surface area contributed by atoms with Gasteiger partial charge in [0, 0.05) is 12.3 Å². The van der Waals surface area contributed by atoms with Crippen molar-refractivity contribution in [3.8, 4) is 0 Å². The number of allylic oxidation sites excluding steroid dienone is 1. The minimum atomic E-state index is -0.108. The molecule has 34 heavy (non-hydrogen) atoms. The zero-order valence-electron chi connectivity index (χ0n) is 23.6. The molecule has 5 fully saturated rings. The first-order valence-electron chi connectivity index (χ1n) is 14.6. The zero-order chi connectivity index (χ0) is 24.9. The van der Waals surface area contributed by atoms with Gasteiger partial charge in [-0.1, -0.05) is 60.6 Å². The summed E-state index contributed by atoms with van der Waals surface area (Å²) >= 11 is 0. The van der Waals surface area contributed by atoms with E-state index in [2.05, 4.69) is 55.0 Å². The van der Waals surface area contributed by atoms with E-state index in [0.29, 0.717) is 33.5 Å². The van der Waals surface area contributed by atoms with Gasteiger partial charge >= 0.3 is 5.97 Å². The van der Waals surface area contributed by atoms with Crippen molar-refractivity contribution in [3.05, 3.63) is 12.2 Å². The Hall–Kier alpha value is -0.790. The van der Waals surface area contributed by atoms with Gasteiger partial charge in [-0.3, -0.25) is 4.79 Å². The van der Waals surface area contributed by atoms with Gasteiger partial charge in [-0.2, -0.15) is 0 Å². The molecule has 5 aliphatic rings. The summed E-state index contributed by atoms with van der Waals surface area (Å²) < 4.78 is 5.91. The van der Waals surface area contributed by atoms with E-state index in [0.717, 1.165) is 24.2 Å². The molecular weight excluding hydrogens is 416 g/mol. The summed E-state index contributed by atoms with van der Waals surface area (Å²) in [6.45, 7) is 24.2. The molecule has 0 spiro atoms. The zero-order valence-corrected chi connectivity index (χ0v) is 23.6. The van der Waals surface area contributed by atoms with E-state index in [1.807, 2.05) is 0 Å². The van der Waals surface area contributed by atoms with Crippen LogP contribution in [0.2, 0.25) is 0 Å². The molecule has 0 aromatic heterocycles. The van der Waals surface area contributed by atoms with Crippen molar-refractivity contribution < 1.29 is 9.53 Å². The maximum atomic E-state index is 11.9. The summed E-state index contributed by atoms with van der Waals surface area (Å²) in [6, 6.07) is 0. The summed E-state index contributed by atoms with van der Waals surface area (Å²) in [5.74, 6) is 3.64. The molecule has 0 aromatic rings. The smallest absolute Gasteiger partial charge is 0.302 e.